The van der Waals surface area contributed by atoms with Gasteiger partial charge in [-0.15, -0.1) is 0 Å². The fourth-order valence-electron chi connectivity index (χ4n) is 1.81. The summed E-state index contributed by atoms with van der Waals surface area (Å²) in [5.41, 5.74) is 1.16. The van der Waals surface area contributed by atoms with E-state index in [9.17, 15) is 0 Å². The van der Waals surface area contributed by atoms with Gasteiger partial charge in [0.1, 0.15) is 6.10 Å². The molecule has 0 N–H and O–H groups in total. The van der Waals surface area contributed by atoms with Gasteiger partial charge in [-0.25, -0.2) is 0 Å². The molecule has 1 aromatic carbocycles. The highest BCUT2D eigenvalue weighted by Crippen LogP contribution is 2.19. The minimum atomic E-state index is -0.231. The molecule has 2 rings (SSSR count). The summed E-state index contributed by atoms with van der Waals surface area (Å²) in [5, 5.41) is 8.67. The number of ether oxygens (including phenoxy) is 2. The second-order valence-corrected chi connectivity index (χ2v) is 3.95. The molecule has 0 amide bonds. The molecule has 3 heteroatoms. The van der Waals surface area contributed by atoms with E-state index in [0.717, 1.165) is 18.4 Å². The van der Waals surface area contributed by atoms with Crippen molar-refractivity contribution < 1.29 is 9.47 Å². The lowest BCUT2D eigenvalue weighted by Crippen LogP contribution is -2.16. The fraction of sp³-hybridized carbons (Fsp3) is 0.462. The van der Waals surface area contributed by atoms with E-state index in [2.05, 4.69) is 6.07 Å². The van der Waals surface area contributed by atoms with Crippen molar-refractivity contribution in [2.75, 3.05) is 6.61 Å². The largest absolute Gasteiger partial charge is 0.374 e. The van der Waals surface area contributed by atoms with Crippen LogP contribution in [0.5, 0.6) is 0 Å². The third kappa shape index (κ3) is 3.06. The van der Waals surface area contributed by atoms with Crippen LogP contribution in [0.4, 0.5) is 0 Å². The van der Waals surface area contributed by atoms with Crippen molar-refractivity contribution in [2.45, 2.75) is 31.7 Å². The first-order valence-electron chi connectivity index (χ1n) is 5.55. The Kier molecular flexibility index (Phi) is 3.92. The Hall–Kier alpha value is -1.37. The molecule has 0 radical (unpaired) electrons. The molecule has 0 spiro atoms. The molecule has 0 aliphatic carbocycles. The molecule has 2 unspecified atom stereocenters. The van der Waals surface area contributed by atoms with E-state index in [1.54, 1.807) is 0 Å². The first-order valence-corrected chi connectivity index (χ1v) is 5.55. The Morgan fingerprint density at radius 2 is 2.12 bits per heavy atom. The van der Waals surface area contributed by atoms with Crippen LogP contribution < -0.4 is 0 Å². The highest BCUT2D eigenvalue weighted by Gasteiger charge is 2.24. The zero-order valence-electron chi connectivity index (χ0n) is 9.13. The lowest BCUT2D eigenvalue weighted by atomic mass is 10.2. The normalized spacial score (nSPS) is 24.2. The third-order valence-corrected chi connectivity index (χ3v) is 2.67. The summed E-state index contributed by atoms with van der Waals surface area (Å²) in [6.07, 6.45) is 1.61. The van der Waals surface area contributed by atoms with E-state index in [1.165, 1.54) is 0 Å². The number of benzene rings is 1. The van der Waals surface area contributed by atoms with Gasteiger partial charge in [-0.05, 0) is 18.4 Å². The summed E-state index contributed by atoms with van der Waals surface area (Å²) in [6, 6.07) is 12.2. The first kappa shape index (κ1) is 11.1. The maximum Gasteiger partial charge on any atom is 0.144 e. The molecule has 16 heavy (non-hydrogen) atoms. The van der Waals surface area contributed by atoms with E-state index < -0.39 is 0 Å². The first-order chi connectivity index (χ1) is 7.88. The molecular weight excluding hydrogens is 202 g/mol. The van der Waals surface area contributed by atoms with Gasteiger partial charge in [-0.2, -0.15) is 5.26 Å². The summed E-state index contributed by atoms with van der Waals surface area (Å²) in [4.78, 5) is 0. The van der Waals surface area contributed by atoms with E-state index >= 15 is 0 Å². The third-order valence-electron chi connectivity index (χ3n) is 2.67. The number of rotatable bonds is 4. The predicted octanol–water partition coefficient (Wildman–Crippen LogP) is 2.27. The molecule has 0 bridgehead atoms. The SMILES string of the molecule is N#CC1CCC(COCc2ccccc2)O1. The number of hydrogen-bond acceptors (Lipinski definition) is 3. The molecule has 2 atom stereocenters. The Morgan fingerprint density at radius 3 is 2.81 bits per heavy atom. The average molecular weight is 217 g/mol. The predicted molar refractivity (Wildman–Crippen MR) is 59.6 cm³/mol. The summed E-state index contributed by atoms with van der Waals surface area (Å²) in [6.45, 7) is 1.19. The fourth-order valence-corrected chi connectivity index (χ4v) is 1.81. The van der Waals surface area contributed by atoms with Crippen molar-refractivity contribution >= 4 is 0 Å². The highest BCUT2D eigenvalue weighted by atomic mass is 16.5. The van der Waals surface area contributed by atoms with Gasteiger partial charge in [0.05, 0.1) is 25.4 Å². The summed E-state index contributed by atoms with van der Waals surface area (Å²) >= 11 is 0. The van der Waals surface area contributed by atoms with Gasteiger partial charge in [0.2, 0.25) is 0 Å². The van der Waals surface area contributed by atoms with Gasteiger partial charge in [-0.3, -0.25) is 0 Å². The standard InChI is InChI=1S/C13H15NO2/c14-8-12-6-7-13(16-12)10-15-9-11-4-2-1-3-5-11/h1-5,12-13H,6-7,9-10H2. The average Bonchev–Trinajstić information content (AvgIpc) is 2.78. The van der Waals surface area contributed by atoms with Crippen LogP contribution in [-0.4, -0.2) is 18.8 Å². The minimum Gasteiger partial charge on any atom is -0.374 e. The van der Waals surface area contributed by atoms with Crippen LogP contribution in [0.2, 0.25) is 0 Å². The second kappa shape index (κ2) is 5.64. The molecule has 3 nitrogen and oxygen atoms in total. The summed E-state index contributed by atoms with van der Waals surface area (Å²) in [5.74, 6) is 0. The maximum atomic E-state index is 8.67. The molecule has 1 aliphatic rings. The minimum absolute atomic E-state index is 0.0911. The van der Waals surface area contributed by atoms with Crippen molar-refractivity contribution in [3.05, 3.63) is 35.9 Å². The van der Waals surface area contributed by atoms with E-state index in [-0.39, 0.29) is 12.2 Å². The molecular formula is C13H15NO2. The zero-order valence-corrected chi connectivity index (χ0v) is 9.13. The van der Waals surface area contributed by atoms with Crippen LogP contribution >= 0.6 is 0 Å². The molecule has 0 aromatic heterocycles. The van der Waals surface area contributed by atoms with Gasteiger partial charge >= 0.3 is 0 Å². The van der Waals surface area contributed by atoms with E-state index in [1.807, 2.05) is 30.3 Å². The molecule has 84 valence electrons. The Morgan fingerprint density at radius 1 is 1.31 bits per heavy atom. The number of hydrogen-bond donors (Lipinski definition) is 0. The van der Waals surface area contributed by atoms with Gasteiger partial charge in [0, 0.05) is 0 Å². The van der Waals surface area contributed by atoms with Crippen molar-refractivity contribution in [1.29, 1.82) is 5.26 Å². The Bertz CT molecular complexity index is 358. The van der Waals surface area contributed by atoms with Crippen molar-refractivity contribution in [1.82, 2.24) is 0 Å². The topological polar surface area (TPSA) is 42.2 Å². The maximum absolute atomic E-state index is 8.67. The molecule has 1 fully saturated rings. The van der Waals surface area contributed by atoms with Crippen LogP contribution in [-0.2, 0) is 16.1 Å². The van der Waals surface area contributed by atoms with Crippen LogP contribution in [0.25, 0.3) is 0 Å². The Balaban J connectivity index is 1.68. The van der Waals surface area contributed by atoms with Gasteiger partial charge in [0.15, 0.2) is 0 Å². The molecule has 1 saturated heterocycles. The van der Waals surface area contributed by atoms with Gasteiger partial charge in [-0.1, -0.05) is 30.3 Å². The summed E-state index contributed by atoms with van der Waals surface area (Å²) in [7, 11) is 0. The lowest BCUT2D eigenvalue weighted by Gasteiger charge is -2.10. The lowest BCUT2D eigenvalue weighted by molar-refractivity contribution is -0.00501. The van der Waals surface area contributed by atoms with Crippen LogP contribution in [0, 0.1) is 11.3 Å². The molecule has 1 aliphatic heterocycles. The molecule has 1 aromatic rings. The quantitative estimate of drug-likeness (QED) is 0.777. The van der Waals surface area contributed by atoms with Crippen molar-refractivity contribution in [3.8, 4) is 6.07 Å². The molecule has 0 saturated carbocycles. The number of nitriles is 1. The van der Waals surface area contributed by atoms with Gasteiger partial charge < -0.3 is 9.47 Å². The second-order valence-electron chi connectivity index (χ2n) is 3.95. The van der Waals surface area contributed by atoms with E-state index in [0.29, 0.717) is 13.2 Å². The van der Waals surface area contributed by atoms with Crippen LogP contribution in [0.1, 0.15) is 18.4 Å². The van der Waals surface area contributed by atoms with Crippen LogP contribution in [0.15, 0.2) is 30.3 Å². The van der Waals surface area contributed by atoms with Crippen LogP contribution in [0.3, 0.4) is 0 Å². The Labute approximate surface area is 95.6 Å². The van der Waals surface area contributed by atoms with Gasteiger partial charge in [0.25, 0.3) is 0 Å². The van der Waals surface area contributed by atoms with Crippen molar-refractivity contribution in [2.24, 2.45) is 0 Å². The van der Waals surface area contributed by atoms with E-state index in [4.69, 9.17) is 14.7 Å². The summed E-state index contributed by atoms with van der Waals surface area (Å²) < 4.78 is 11.0. The number of nitrogens with zero attached hydrogens (tertiary/aromatic N) is 1. The smallest absolute Gasteiger partial charge is 0.144 e. The zero-order chi connectivity index (χ0) is 11.2. The van der Waals surface area contributed by atoms with Crippen molar-refractivity contribution in [3.63, 3.8) is 0 Å². The molecule has 1 heterocycles. The monoisotopic (exact) mass is 217 g/mol. The highest BCUT2D eigenvalue weighted by molar-refractivity contribution is 5.13.